The molecule has 4 aliphatic heterocycles. The van der Waals surface area contributed by atoms with Crippen molar-refractivity contribution in [3.8, 4) is 0 Å². The van der Waals surface area contributed by atoms with E-state index in [1.165, 1.54) is 0 Å². The van der Waals surface area contributed by atoms with Crippen LogP contribution in [0.15, 0.2) is 0 Å². The van der Waals surface area contributed by atoms with Crippen molar-refractivity contribution in [3.05, 3.63) is 0 Å². The molecule has 2 bridgehead atoms. The van der Waals surface area contributed by atoms with Gasteiger partial charge in [0, 0.05) is 6.54 Å². The number of fused-ring (bicyclic) bond motifs is 2. The Bertz CT molecular complexity index is 309. The highest BCUT2D eigenvalue weighted by atomic mass is 16.2. The van der Waals surface area contributed by atoms with E-state index in [9.17, 15) is 9.59 Å². The molecule has 3 amide bonds. The summed E-state index contributed by atoms with van der Waals surface area (Å²) in [6.07, 6.45) is 2.04. The summed E-state index contributed by atoms with van der Waals surface area (Å²) < 4.78 is 0. The number of rotatable bonds is 0. The molecule has 14 heavy (non-hydrogen) atoms. The molecule has 1 atom stereocenters. The zero-order valence-electron chi connectivity index (χ0n) is 7.88. The number of carbonyl (C=O) groups is 2. The second-order valence-corrected chi connectivity index (χ2v) is 4.43. The van der Waals surface area contributed by atoms with Crippen molar-refractivity contribution in [1.82, 2.24) is 15.5 Å². The standard InChI is InChI=1S/C9H13N3O2/c13-7-9(11-8(14)10-7)5-12-3-1-6(9)2-4-12/h6H,1-5H2,(H2,10,11,13,14)/t9-/m0/s1. The van der Waals surface area contributed by atoms with Crippen LogP contribution < -0.4 is 10.6 Å². The number of carbonyl (C=O) groups excluding carboxylic acids is 2. The monoisotopic (exact) mass is 195 g/mol. The number of nitrogens with zero attached hydrogens (tertiary/aromatic N) is 1. The van der Waals surface area contributed by atoms with Gasteiger partial charge in [-0.25, -0.2) is 4.79 Å². The number of hydrogen-bond acceptors (Lipinski definition) is 3. The first-order valence-corrected chi connectivity index (χ1v) is 5.07. The summed E-state index contributed by atoms with van der Waals surface area (Å²) in [5.74, 6) is 0.204. The van der Waals surface area contributed by atoms with Gasteiger partial charge in [-0.1, -0.05) is 0 Å². The van der Waals surface area contributed by atoms with E-state index < -0.39 is 5.54 Å². The highest BCUT2D eigenvalue weighted by Crippen LogP contribution is 2.37. The lowest BCUT2D eigenvalue weighted by molar-refractivity contribution is -0.131. The number of imide groups is 1. The number of urea groups is 1. The average Bonchev–Trinajstić information content (AvgIpc) is 2.43. The Morgan fingerprint density at radius 3 is 2.43 bits per heavy atom. The molecule has 0 unspecified atom stereocenters. The van der Waals surface area contributed by atoms with Crippen LogP contribution in [0.25, 0.3) is 0 Å². The van der Waals surface area contributed by atoms with Crippen molar-refractivity contribution in [2.45, 2.75) is 18.4 Å². The van der Waals surface area contributed by atoms with Crippen molar-refractivity contribution >= 4 is 11.9 Å². The Labute approximate surface area is 81.8 Å². The van der Waals surface area contributed by atoms with E-state index in [2.05, 4.69) is 15.5 Å². The minimum Gasteiger partial charge on any atom is -0.322 e. The molecule has 4 rings (SSSR count). The molecule has 0 aliphatic carbocycles. The molecule has 0 aromatic carbocycles. The number of hydrogen-bond donors (Lipinski definition) is 2. The summed E-state index contributed by atoms with van der Waals surface area (Å²) in [4.78, 5) is 25.1. The molecule has 5 nitrogen and oxygen atoms in total. The van der Waals surface area contributed by atoms with Gasteiger partial charge in [0.05, 0.1) is 0 Å². The van der Waals surface area contributed by atoms with E-state index in [1.54, 1.807) is 0 Å². The van der Waals surface area contributed by atoms with Crippen LogP contribution in [0.5, 0.6) is 0 Å². The minimum absolute atomic E-state index is 0.128. The quantitative estimate of drug-likeness (QED) is 0.502. The zero-order chi connectivity index (χ0) is 9.76. The third-order valence-electron chi connectivity index (χ3n) is 3.73. The third-order valence-corrected chi connectivity index (χ3v) is 3.73. The number of amides is 3. The molecule has 0 saturated carbocycles. The van der Waals surface area contributed by atoms with Gasteiger partial charge < -0.3 is 10.2 Å². The van der Waals surface area contributed by atoms with Gasteiger partial charge in [-0.3, -0.25) is 10.1 Å². The Kier molecular flexibility index (Phi) is 1.45. The number of nitrogens with one attached hydrogen (secondary N) is 2. The normalized spacial score (nSPS) is 45.4. The average molecular weight is 195 g/mol. The fourth-order valence-electron chi connectivity index (χ4n) is 2.97. The fourth-order valence-corrected chi connectivity index (χ4v) is 2.97. The topological polar surface area (TPSA) is 61.4 Å². The first-order chi connectivity index (χ1) is 6.71. The SMILES string of the molecule is O=C1NC(=O)[C@@]2(CN3CCC2CC3)N1. The van der Waals surface area contributed by atoms with Gasteiger partial charge in [-0.15, -0.1) is 0 Å². The predicted molar refractivity (Wildman–Crippen MR) is 48.6 cm³/mol. The van der Waals surface area contributed by atoms with Gasteiger partial charge >= 0.3 is 6.03 Å². The van der Waals surface area contributed by atoms with Crippen molar-refractivity contribution in [1.29, 1.82) is 0 Å². The molecule has 0 aromatic rings. The Morgan fingerprint density at radius 2 is 2.00 bits per heavy atom. The van der Waals surface area contributed by atoms with Gasteiger partial charge in [-0.05, 0) is 31.8 Å². The summed E-state index contributed by atoms with van der Waals surface area (Å²) in [5, 5.41) is 5.16. The minimum atomic E-state index is -0.604. The van der Waals surface area contributed by atoms with E-state index in [1.807, 2.05) is 0 Å². The van der Waals surface area contributed by atoms with Crippen LogP contribution in [0.3, 0.4) is 0 Å². The summed E-state index contributed by atoms with van der Waals surface area (Å²) in [7, 11) is 0. The lowest BCUT2D eigenvalue weighted by Crippen LogP contribution is -2.67. The Balaban J connectivity index is 1.96. The van der Waals surface area contributed by atoms with Crippen LogP contribution in [0, 0.1) is 5.92 Å². The Morgan fingerprint density at radius 1 is 1.29 bits per heavy atom. The van der Waals surface area contributed by atoms with E-state index >= 15 is 0 Å². The molecule has 4 saturated heterocycles. The predicted octanol–water partition coefficient (Wildman–Crippen LogP) is -0.710. The maximum absolute atomic E-state index is 11.7. The molecule has 4 aliphatic rings. The van der Waals surface area contributed by atoms with Crippen LogP contribution >= 0.6 is 0 Å². The molecule has 1 spiro atoms. The van der Waals surface area contributed by atoms with Crippen molar-refractivity contribution in [2.75, 3.05) is 19.6 Å². The summed E-state index contributed by atoms with van der Waals surface area (Å²) in [6, 6.07) is -0.330. The van der Waals surface area contributed by atoms with Gasteiger partial charge in [0.1, 0.15) is 5.54 Å². The molecular formula is C9H13N3O2. The van der Waals surface area contributed by atoms with Crippen LogP contribution in [-0.2, 0) is 4.79 Å². The van der Waals surface area contributed by atoms with Crippen LogP contribution in [0.4, 0.5) is 4.79 Å². The molecule has 2 N–H and O–H groups in total. The van der Waals surface area contributed by atoms with Crippen LogP contribution in [0.1, 0.15) is 12.8 Å². The lowest BCUT2D eigenvalue weighted by Gasteiger charge is -2.49. The largest absolute Gasteiger partial charge is 0.322 e. The summed E-state index contributed by atoms with van der Waals surface area (Å²) in [6.45, 7) is 2.82. The second kappa shape index (κ2) is 2.48. The van der Waals surface area contributed by atoms with Crippen molar-refractivity contribution < 1.29 is 9.59 Å². The molecule has 4 heterocycles. The first kappa shape index (κ1) is 8.23. The summed E-state index contributed by atoms with van der Waals surface area (Å²) in [5.41, 5.74) is -0.604. The third kappa shape index (κ3) is 0.877. The van der Waals surface area contributed by atoms with Gasteiger partial charge in [-0.2, -0.15) is 0 Å². The molecule has 5 heteroatoms. The summed E-state index contributed by atoms with van der Waals surface area (Å²) >= 11 is 0. The molecular weight excluding hydrogens is 182 g/mol. The Hall–Kier alpha value is -1.10. The second-order valence-electron chi connectivity index (χ2n) is 4.43. The molecule has 0 aromatic heterocycles. The van der Waals surface area contributed by atoms with Crippen LogP contribution in [0.2, 0.25) is 0 Å². The number of piperidine rings is 3. The van der Waals surface area contributed by atoms with Crippen molar-refractivity contribution in [2.24, 2.45) is 5.92 Å². The van der Waals surface area contributed by atoms with Gasteiger partial charge in [0.2, 0.25) is 0 Å². The molecule has 0 radical (unpaired) electrons. The molecule has 76 valence electrons. The van der Waals surface area contributed by atoms with E-state index in [-0.39, 0.29) is 11.9 Å². The first-order valence-electron chi connectivity index (χ1n) is 5.07. The fraction of sp³-hybridized carbons (Fsp3) is 0.778. The van der Waals surface area contributed by atoms with E-state index in [0.29, 0.717) is 12.5 Å². The maximum atomic E-state index is 11.7. The van der Waals surface area contributed by atoms with Crippen LogP contribution in [-0.4, -0.2) is 42.0 Å². The highest BCUT2D eigenvalue weighted by Gasteiger charge is 2.56. The molecule has 4 fully saturated rings. The lowest BCUT2D eigenvalue weighted by atomic mass is 9.73. The van der Waals surface area contributed by atoms with E-state index in [4.69, 9.17) is 0 Å². The smallest absolute Gasteiger partial charge is 0.322 e. The van der Waals surface area contributed by atoms with E-state index in [0.717, 1.165) is 25.9 Å². The zero-order valence-corrected chi connectivity index (χ0v) is 7.88. The highest BCUT2D eigenvalue weighted by molar-refractivity contribution is 6.07. The van der Waals surface area contributed by atoms with Gasteiger partial charge in [0.15, 0.2) is 0 Å². The maximum Gasteiger partial charge on any atom is 0.322 e. The van der Waals surface area contributed by atoms with Gasteiger partial charge in [0.25, 0.3) is 5.91 Å². The van der Waals surface area contributed by atoms with Crippen molar-refractivity contribution in [3.63, 3.8) is 0 Å².